The molecule has 0 aromatic heterocycles. The average molecular weight is 509 g/mol. The van der Waals surface area contributed by atoms with Crippen molar-refractivity contribution in [1.29, 1.82) is 0 Å². The molecule has 0 amide bonds. The molecule has 1 aromatic carbocycles. The van der Waals surface area contributed by atoms with Crippen molar-refractivity contribution in [3.8, 4) is 0 Å². The van der Waals surface area contributed by atoms with Gasteiger partial charge in [0.15, 0.2) is 15.8 Å². The average Bonchev–Trinajstić information content (AvgIpc) is 2.58. The fraction of sp³-hybridized carbons (Fsp3) is 0.632. The summed E-state index contributed by atoms with van der Waals surface area (Å²) < 4.78 is 29.3. The summed E-state index contributed by atoms with van der Waals surface area (Å²) in [5, 5.41) is 6.45. The van der Waals surface area contributed by atoms with Gasteiger partial charge in [-0.2, -0.15) is 0 Å². The van der Waals surface area contributed by atoms with Crippen LogP contribution in [0.3, 0.4) is 0 Å². The third-order valence-electron chi connectivity index (χ3n) is 5.02. The van der Waals surface area contributed by atoms with Crippen molar-refractivity contribution in [3.05, 3.63) is 34.9 Å². The van der Waals surface area contributed by atoms with E-state index in [1.165, 1.54) is 17.4 Å². The Bertz CT molecular complexity index is 745. The first-order valence-corrected chi connectivity index (χ1v) is 11.0. The van der Waals surface area contributed by atoms with Crippen molar-refractivity contribution in [3.63, 3.8) is 0 Å². The molecule has 154 valence electrons. The minimum Gasteiger partial charge on any atom is -0.381 e. The van der Waals surface area contributed by atoms with Crippen molar-refractivity contribution in [2.24, 2.45) is 4.99 Å². The summed E-state index contributed by atoms with van der Waals surface area (Å²) in [6.45, 7) is 8.71. The van der Waals surface area contributed by atoms with Gasteiger partial charge in [-0.05, 0) is 44.7 Å². The number of sulfone groups is 1. The summed E-state index contributed by atoms with van der Waals surface area (Å²) in [7, 11) is -3.20. The van der Waals surface area contributed by atoms with E-state index in [-0.39, 0.29) is 24.0 Å². The summed E-state index contributed by atoms with van der Waals surface area (Å²) >= 11 is 0. The third kappa shape index (κ3) is 6.60. The Hall–Kier alpha value is -0.870. The second-order valence-electron chi connectivity index (χ2n) is 7.05. The van der Waals surface area contributed by atoms with E-state index in [1.807, 2.05) is 6.92 Å². The summed E-state index contributed by atoms with van der Waals surface area (Å²) in [6, 6.07) is 6.32. The molecule has 2 rings (SSSR count). The van der Waals surface area contributed by atoms with Crippen LogP contribution in [0.5, 0.6) is 0 Å². The summed E-state index contributed by atoms with van der Waals surface area (Å²) in [5.74, 6) is 0.641. The fourth-order valence-electron chi connectivity index (χ4n) is 3.20. The molecule has 0 bridgehead atoms. The predicted molar refractivity (Wildman–Crippen MR) is 122 cm³/mol. The van der Waals surface area contributed by atoms with Crippen molar-refractivity contribution < 1.29 is 13.2 Å². The van der Waals surface area contributed by atoms with Crippen LogP contribution >= 0.6 is 24.0 Å². The zero-order valence-corrected chi connectivity index (χ0v) is 19.8. The molecule has 1 fully saturated rings. The van der Waals surface area contributed by atoms with Gasteiger partial charge < -0.3 is 15.4 Å². The van der Waals surface area contributed by atoms with Crippen LogP contribution in [0.1, 0.15) is 36.5 Å². The van der Waals surface area contributed by atoms with Crippen LogP contribution < -0.4 is 10.6 Å². The normalized spacial score (nSPS) is 17.1. The van der Waals surface area contributed by atoms with Gasteiger partial charge in [0.1, 0.15) is 0 Å². The molecule has 6 nitrogen and oxygen atoms in total. The lowest BCUT2D eigenvalue weighted by Gasteiger charge is -2.35. The van der Waals surface area contributed by atoms with Crippen LogP contribution in [-0.4, -0.2) is 51.7 Å². The molecule has 1 aliphatic rings. The minimum atomic E-state index is -3.20. The first-order chi connectivity index (χ1) is 12.3. The van der Waals surface area contributed by atoms with E-state index in [9.17, 15) is 8.42 Å². The zero-order chi connectivity index (χ0) is 19.2. The Morgan fingerprint density at radius 2 is 1.89 bits per heavy atom. The topological polar surface area (TPSA) is 79.8 Å². The monoisotopic (exact) mass is 509 g/mol. The Morgan fingerprint density at radius 3 is 2.44 bits per heavy atom. The van der Waals surface area contributed by atoms with E-state index < -0.39 is 14.6 Å². The summed E-state index contributed by atoms with van der Waals surface area (Å²) in [6.07, 6.45) is 2.34. The highest BCUT2D eigenvalue weighted by Gasteiger charge is 2.42. The standard InChI is InChI=1S/C19H31N3O3S.HI/c1-5-20-18(21-13-17-7-6-15(2)12-16(17)3)22-14-19(26(4,23)24)8-10-25-11-9-19;/h6-7,12H,5,8-11,13-14H2,1-4H3,(H2,20,21,22);1H. The highest BCUT2D eigenvalue weighted by Crippen LogP contribution is 2.28. The smallest absolute Gasteiger partial charge is 0.191 e. The molecule has 2 N–H and O–H groups in total. The second-order valence-corrected chi connectivity index (χ2v) is 9.46. The number of hydrogen-bond donors (Lipinski definition) is 2. The molecular formula is C19H32IN3O3S. The first kappa shape index (κ1) is 24.2. The van der Waals surface area contributed by atoms with E-state index in [4.69, 9.17) is 4.74 Å². The molecule has 0 aliphatic carbocycles. The highest BCUT2D eigenvalue weighted by atomic mass is 127. The summed E-state index contributed by atoms with van der Waals surface area (Å²) in [5.41, 5.74) is 3.60. The maximum atomic E-state index is 12.4. The maximum absolute atomic E-state index is 12.4. The Morgan fingerprint density at radius 1 is 1.22 bits per heavy atom. The fourth-order valence-corrected chi connectivity index (χ4v) is 4.44. The van der Waals surface area contributed by atoms with Gasteiger partial charge in [0.2, 0.25) is 0 Å². The van der Waals surface area contributed by atoms with Gasteiger partial charge in [0.25, 0.3) is 0 Å². The molecule has 0 atom stereocenters. The molecule has 8 heteroatoms. The number of hydrogen-bond acceptors (Lipinski definition) is 4. The second kappa shape index (κ2) is 10.6. The van der Waals surface area contributed by atoms with E-state index in [1.54, 1.807) is 0 Å². The number of aryl methyl sites for hydroxylation is 2. The number of nitrogens with zero attached hydrogens (tertiary/aromatic N) is 1. The van der Waals surface area contributed by atoms with Gasteiger partial charge in [-0.25, -0.2) is 13.4 Å². The van der Waals surface area contributed by atoms with Crippen LogP contribution in [0.15, 0.2) is 23.2 Å². The van der Waals surface area contributed by atoms with Gasteiger partial charge in [-0.15, -0.1) is 24.0 Å². The zero-order valence-electron chi connectivity index (χ0n) is 16.7. The van der Waals surface area contributed by atoms with Gasteiger partial charge >= 0.3 is 0 Å². The molecule has 1 heterocycles. The molecule has 1 aliphatic heterocycles. The largest absolute Gasteiger partial charge is 0.381 e. The van der Waals surface area contributed by atoms with E-state index in [0.29, 0.717) is 51.6 Å². The lowest BCUT2D eigenvalue weighted by Crippen LogP contribution is -2.53. The number of ether oxygens (including phenoxy) is 1. The summed E-state index contributed by atoms with van der Waals surface area (Å²) in [4.78, 5) is 4.64. The quantitative estimate of drug-likeness (QED) is 0.350. The van der Waals surface area contributed by atoms with Gasteiger partial charge in [-0.3, -0.25) is 0 Å². The van der Waals surface area contributed by atoms with Crippen molar-refractivity contribution in [2.75, 3.05) is 32.6 Å². The van der Waals surface area contributed by atoms with Gasteiger partial charge in [-0.1, -0.05) is 23.8 Å². The van der Waals surface area contributed by atoms with E-state index in [2.05, 4.69) is 47.7 Å². The van der Waals surface area contributed by atoms with Crippen molar-refractivity contribution in [1.82, 2.24) is 10.6 Å². The van der Waals surface area contributed by atoms with Crippen LogP contribution in [-0.2, 0) is 21.1 Å². The lowest BCUT2D eigenvalue weighted by molar-refractivity contribution is 0.0756. The van der Waals surface area contributed by atoms with Crippen LogP contribution in [0.4, 0.5) is 0 Å². The van der Waals surface area contributed by atoms with Gasteiger partial charge in [0.05, 0.1) is 11.3 Å². The van der Waals surface area contributed by atoms with Crippen molar-refractivity contribution >= 4 is 39.8 Å². The Labute approximate surface area is 180 Å². The van der Waals surface area contributed by atoms with Crippen LogP contribution in [0.25, 0.3) is 0 Å². The van der Waals surface area contributed by atoms with Gasteiger partial charge in [0, 0.05) is 32.6 Å². The number of halogens is 1. The minimum absolute atomic E-state index is 0. The third-order valence-corrected chi connectivity index (χ3v) is 7.14. The van der Waals surface area contributed by atoms with E-state index in [0.717, 1.165) is 5.56 Å². The molecule has 27 heavy (non-hydrogen) atoms. The Balaban J connectivity index is 0.00000364. The molecule has 0 unspecified atom stereocenters. The molecule has 1 aromatic rings. The number of benzene rings is 1. The van der Waals surface area contributed by atoms with Crippen LogP contribution in [0.2, 0.25) is 0 Å². The molecule has 1 saturated heterocycles. The maximum Gasteiger partial charge on any atom is 0.191 e. The first-order valence-electron chi connectivity index (χ1n) is 9.13. The molecule has 0 spiro atoms. The van der Waals surface area contributed by atoms with E-state index >= 15 is 0 Å². The lowest BCUT2D eigenvalue weighted by atomic mass is 9.99. The molecule has 0 radical (unpaired) electrons. The number of nitrogens with one attached hydrogen (secondary N) is 2. The number of guanidine groups is 1. The number of aliphatic imine (C=N–C) groups is 1. The molecule has 0 saturated carbocycles. The number of rotatable bonds is 6. The molecular weight excluding hydrogens is 477 g/mol. The predicted octanol–water partition coefficient (Wildman–Crippen LogP) is 2.57. The highest BCUT2D eigenvalue weighted by molar-refractivity contribution is 14.0. The van der Waals surface area contributed by atoms with Crippen molar-refractivity contribution in [2.45, 2.75) is 44.9 Å². The Kier molecular flexibility index (Phi) is 9.50. The van der Waals surface area contributed by atoms with Crippen LogP contribution in [0, 0.1) is 13.8 Å². The SMILES string of the molecule is CCNC(=NCc1ccc(C)cc1C)NCC1(S(C)(=O)=O)CCOCC1.I.